The molecule has 1 saturated heterocycles. The monoisotopic (exact) mass is 717 g/mol. The maximum atomic E-state index is 12.9. The number of nitrogens with one attached hydrogen (secondary N) is 4. The topological polar surface area (TPSA) is 265 Å². The number of nitrogens with zero attached hydrogens (tertiary/aromatic N) is 4. The zero-order valence-corrected chi connectivity index (χ0v) is 28.6. The number of hydrogen-bond acceptors (Lipinski definition) is 14. The van der Waals surface area contributed by atoms with Gasteiger partial charge >= 0.3 is 6.09 Å². The SMILES string of the molecule is CSCC[C@H](NC(=O)[C@H](CC(C)C)NC(=O)CNC(=O)OC[C@H]1O[C@@H](n2cnc3c(NCc4ccc(O)cc4)ncnc32)C(O)C1O)C(N)=O. The lowest BCUT2D eigenvalue weighted by atomic mass is 10.0. The first kappa shape index (κ1) is 38.1. The van der Waals surface area contributed by atoms with Crippen LogP contribution in [0, 0.1) is 5.92 Å². The summed E-state index contributed by atoms with van der Waals surface area (Å²) in [5.41, 5.74) is 7.00. The Morgan fingerprint density at radius 1 is 1.06 bits per heavy atom. The molecule has 2 aromatic heterocycles. The average Bonchev–Trinajstić information content (AvgIpc) is 3.63. The van der Waals surface area contributed by atoms with Crippen LogP contribution in [0.2, 0.25) is 0 Å². The lowest BCUT2D eigenvalue weighted by molar-refractivity contribution is -0.131. The molecule has 19 heteroatoms. The summed E-state index contributed by atoms with van der Waals surface area (Å²) >= 11 is 1.50. The standard InChI is InChI=1S/C31H43N9O9S/c1-16(2)10-20(29(46)39-19(26(32)45)8-9-50-3)38-22(42)12-34-31(47)48-13-21-24(43)25(44)30(49-21)40-15-37-23-27(35-14-36-28(23)40)33-11-17-4-6-18(41)7-5-17/h4-7,14-16,19-21,24-25,30,41,43-44H,8-13H2,1-3H3,(H2,32,45)(H,34,47)(H,38,42)(H,39,46)(H,33,35,36)/t19-,20-,21+,24?,25?,30+/m0/s1. The van der Waals surface area contributed by atoms with E-state index in [9.17, 15) is 34.5 Å². The Labute approximate surface area is 291 Å². The van der Waals surface area contributed by atoms with Crippen LogP contribution in [-0.2, 0) is 30.4 Å². The number of primary amides is 1. The van der Waals surface area contributed by atoms with Gasteiger partial charge in [-0.15, -0.1) is 0 Å². The van der Waals surface area contributed by atoms with Crippen molar-refractivity contribution in [1.82, 2.24) is 35.5 Å². The lowest BCUT2D eigenvalue weighted by Crippen LogP contribution is -2.54. The van der Waals surface area contributed by atoms with Crippen molar-refractivity contribution >= 4 is 52.6 Å². The van der Waals surface area contributed by atoms with Crippen molar-refractivity contribution in [3.8, 4) is 5.75 Å². The molecule has 1 aliphatic heterocycles. The van der Waals surface area contributed by atoms with Gasteiger partial charge in [-0.05, 0) is 48.5 Å². The molecular weight excluding hydrogens is 674 g/mol. The summed E-state index contributed by atoms with van der Waals surface area (Å²) in [7, 11) is 0. The number of hydrogen-bond donors (Lipinski definition) is 8. The number of ether oxygens (including phenoxy) is 2. The molecule has 1 aliphatic rings. The van der Waals surface area contributed by atoms with Crippen molar-refractivity contribution in [2.24, 2.45) is 11.7 Å². The number of aliphatic hydroxyl groups is 2. The summed E-state index contributed by atoms with van der Waals surface area (Å²) in [6.07, 6.45) is -0.994. The molecule has 3 aromatic rings. The highest BCUT2D eigenvalue weighted by molar-refractivity contribution is 7.98. The molecular formula is C31H43N9O9S. The molecule has 3 heterocycles. The number of aromatic nitrogens is 4. The van der Waals surface area contributed by atoms with Crippen LogP contribution >= 0.6 is 11.8 Å². The normalized spacial score (nSPS) is 19.9. The molecule has 0 aliphatic carbocycles. The van der Waals surface area contributed by atoms with E-state index >= 15 is 0 Å². The number of benzene rings is 1. The zero-order chi connectivity index (χ0) is 36.4. The minimum Gasteiger partial charge on any atom is -0.508 e. The summed E-state index contributed by atoms with van der Waals surface area (Å²) in [4.78, 5) is 62.6. The molecule has 1 fully saturated rings. The number of thioether (sulfide) groups is 1. The maximum absolute atomic E-state index is 12.9. The van der Waals surface area contributed by atoms with Gasteiger partial charge in [0.05, 0.1) is 6.33 Å². The molecule has 2 unspecified atom stereocenters. The summed E-state index contributed by atoms with van der Waals surface area (Å²) in [6.45, 7) is 3.11. The quantitative estimate of drug-likeness (QED) is 0.0895. The summed E-state index contributed by atoms with van der Waals surface area (Å²) < 4.78 is 12.4. The van der Waals surface area contributed by atoms with E-state index in [0.717, 1.165) is 5.56 Å². The smallest absolute Gasteiger partial charge is 0.407 e. The number of phenols is 1. The molecule has 0 spiro atoms. The van der Waals surface area contributed by atoms with Gasteiger partial charge in [-0.2, -0.15) is 11.8 Å². The fourth-order valence-corrected chi connectivity index (χ4v) is 5.64. The third-order valence-electron chi connectivity index (χ3n) is 7.77. The number of rotatable bonds is 17. The molecule has 50 heavy (non-hydrogen) atoms. The zero-order valence-electron chi connectivity index (χ0n) is 27.8. The van der Waals surface area contributed by atoms with Crippen molar-refractivity contribution in [2.75, 3.05) is 30.5 Å². The molecule has 0 bridgehead atoms. The van der Waals surface area contributed by atoms with Gasteiger partial charge < -0.3 is 51.8 Å². The van der Waals surface area contributed by atoms with Gasteiger partial charge in [0.2, 0.25) is 17.7 Å². The Morgan fingerprint density at radius 3 is 2.48 bits per heavy atom. The second-order valence-corrected chi connectivity index (χ2v) is 13.0. The maximum Gasteiger partial charge on any atom is 0.407 e. The lowest BCUT2D eigenvalue weighted by Gasteiger charge is -2.23. The van der Waals surface area contributed by atoms with E-state index in [1.807, 2.05) is 20.1 Å². The second kappa shape index (κ2) is 17.8. The minimum atomic E-state index is -1.45. The van der Waals surface area contributed by atoms with Crippen molar-refractivity contribution in [2.45, 2.75) is 69.9 Å². The first-order valence-corrected chi connectivity index (χ1v) is 17.3. The number of anilines is 1. The van der Waals surface area contributed by atoms with Crippen molar-refractivity contribution in [3.63, 3.8) is 0 Å². The van der Waals surface area contributed by atoms with E-state index in [1.54, 1.807) is 24.3 Å². The van der Waals surface area contributed by atoms with E-state index in [1.165, 1.54) is 29.0 Å². The summed E-state index contributed by atoms with van der Waals surface area (Å²) in [6, 6.07) is 4.77. The fourth-order valence-electron chi connectivity index (χ4n) is 5.17. The van der Waals surface area contributed by atoms with Gasteiger partial charge in [-0.25, -0.2) is 19.7 Å². The Hall–Kier alpha value is -4.72. The largest absolute Gasteiger partial charge is 0.508 e. The van der Waals surface area contributed by atoms with Crippen LogP contribution < -0.4 is 27.0 Å². The first-order valence-electron chi connectivity index (χ1n) is 15.9. The van der Waals surface area contributed by atoms with Gasteiger partial charge in [-0.3, -0.25) is 19.0 Å². The van der Waals surface area contributed by atoms with Gasteiger partial charge in [-0.1, -0.05) is 26.0 Å². The Balaban J connectivity index is 1.28. The van der Waals surface area contributed by atoms with Crippen LogP contribution in [0.15, 0.2) is 36.9 Å². The van der Waals surface area contributed by atoms with E-state index in [2.05, 4.69) is 36.2 Å². The highest BCUT2D eigenvalue weighted by Crippen LogP contribution is 2.32. The number of aliphatic hydroxyl groups excluding tert-OH is 2. The molecule has 9 N–H and O–H groups in total. The van der Waals surface area contributed by atoms with Crippen molar-refractivity contribution in [1.29, 1.82) is 0 Å². The second-order valence-electron chi connectivity index (χ2n) is 12.1. The molecule has 18 nitrogen and oxygen atoms in total. The molecule has 4 amide bonds. The third-order valence-corrected chi connectivity index (χ3v) is 8.41. The first-order chi connectivity index (χ1) is 23.9. The van der Waals surface area contributed by atoms with E-state index < -0.39 is 73.6 Å². The molecule has 6 atom stereocenters. The number of amides is 4. The van der Waals surface area contributed by atoms with Crippen LogP contribution in [0.3, 0.4) is 0 Å². The highest BCUT2D eigenvalue weighted by Gasteiger charge is 2.45. The Morgan fingerprint density at radius 2 is 1.80 bits per heavy atom. The van der Waals surface area contributed by atoms with Crippen LogP contribution in [0.1, 0.15) is 38.5 Å². The minimum absolute atomic E-state index is 0.0160. The van der Waals surface area contributed by atoms with Gasteiger partial charge in [0.1, 0.15) is 55.6 Å². The van der Waals surface area contributed by atoms with Crippen LogP contribution in [0.5, 0.6) is 5.75 Å². The number of fused-ring (bicyclic) bond motifs is 1. The summed E-state index contributed by atoms with van der Waals surface area (Å²) in [5.74, 6) is -0.760. The molecule has 0 saturated carbocycles. The number of carbonyl (C=O) groups excluding carboxylic acids is 4. The molecule has 1 aromatic carbocycles. The number of aromatic hydroxyl groups is 1. The number of phenolic OH excluding ortho intramolecular Hbond substituents is 1. The number of imidazole rings is 1. The third kappa shape index (κ3) is 10.2. The molecule has 272 valence electrons. The number of alkyl carbamates (subject to hydrolysis) is 1. The predicted octanol–water partition coefficient (Wildman–Crippen LogP) is -0.256. The number of nitrogens with two attached hydrogens (primary N) is 1. The fraction of sp³-hybridized carbons (Fsp3) is 0.516. The summed E-state index contributed by atoms with van der Waals surface area (Å²) in [5, 5.41) is 41.5. The van der Waals surface area contributed by atoms with Gasteiger partial charge in [0.15, 0.2) is 23.2 Å². The van der Waals surface area contributed by atoms with Crippen molar-refractivity contribution in [3.05, 3.63) is 42.5 Å². The van der Waals surface area contributed by atoms with Crippen LogP contribution in [-0.4, -0.2) is 114 Å². The highest BCUT2D eigenvalue weighted by atomic mass is 32.2. The van der Waals surface area contributed by atoms with Gasteiger partial charge in [0, 0.05) is 6.54 Å². The van der Waals surface area contributed by atoms with Crippen molar-refractivity contribution < 1.29 is 44.0 Å². The average molecular weight is 718 g/mol. The van der Waals surface area contributed by atoms with E-state index in [4.69, 9.17) is 15.2 Å². The van der Waals surface area contributed by atoms with Crippen LogP contribution in [0.4, 0.5) is 10.6 Å². The van der Waals surface area contributed by atoms with Crippen LogP contribution in [0.25, 0.3) is 11.2 Å². The predicted molar refractivity (Wildman–Crippen MR) is 182 cm³/mol. The Kier molecular flexibility index (Phi) is 13.6. The Bertz CT molecular complexity index is 1620. The molecule has 0 radical (unpaired) electrons. The van der Waals surface area contributed by atoms with E-state index in [0.29, 0.717) is 35.7 Å². The van der Waals surface area contributed by atoms with E-state index in [-0.39, 0.29) is 18.1 Å². The van der Waals surface area contributed by atoms with Gasteiger partial charge in [0.25, 0.3) is 0 Å². The molecule has 4 rings (SSSR count). The number of carbonyl (C=O) groups is 4.